The number of aromatic nitrogens is 2. The maximum Gasteiger partial charge on any atom is 0.387 e. The molecule has 6 heteroatoms. The molecule has 0 saturated heterocycles. The van der Waals surface area contributed by atoms with Gasteiger partial charge >= 0.3 is 6.61 Å². The molecular formula is C21H22F2N2O2. The van der Waals surface area contributed by atoms with Crippen molar-refractivity contribution in [1.29, 1.82) is 0 Å². The first-order valence-corrected chi connectivity index (χ1v) is 8.76. The average Bonchev–Trinajstić information content (AvgIpc) is 2.98. The van der Waals surface area contributed by atoms with Gasteiger partial charge in [0, 0.05) is 17.7 Å². The van der Waals surface area contributed by atoms with Crippen molar-refractivity contribution in [2.45, 2.75) is 40.2 Å². The van der Waals surface area contributed by atoms with E-state index in [4.69, 9.17) is 0 Å². The number of rotatable bonds is 5. The van der Waals surface area contributed by atoms with Crippen LogP contribution in [-0.2, 0) is 4.79 Å². The summed E-state index contributed by atoms with van der Waals surface area (Å²) in [7, 11) is 0. The molecule has 1 aliphatic rings. The molecule has 0 bridgehead atoms. The molecule has 142 valence electrons. The highest BCUT2D eigenvalue weighted by atomic mass is 19.3. The van der Waals surface area contributed by atoms with E-state index in [1.54, 1.807) is 23.0 Å². The Bertz CT molecular complexity index is 911. The molecule has 1 aromatic heterocycles. The number of nitrogens with zero attached hydrogens (tertiary/aromatic N) is 2. The molecule has 0 N–H and O–H groups in total. The van der Waals surface area contributed by atoms with Crippen LogP contribution in [0, 0.1) is 12.8 Å². The first-order chi connectivity index (χ1) is 12.8. The fraction of sp³-hybridized carbons (Fsp3) is 0.333. The summed E-state index contributed by atoms with van der Waals surface area (Å²) in [5.74, 6) is 0.383. The van der Waals surface area contributed by atoms with E-state index in [1.807, 2.05) is 20.8 Å². The van der Waals surface area contributed by atoms with Gasteiger partial charge in [-0.25, -0.2) is 4.68 Å². The zero-order valence-electron chi connectivity index (χ0n) is 15.6. The third-order valence-corrected chi connectivity index (χ3v) is 5.09. The number of hydrogen-bond acceptors (Lipinski definition) is 3. The molecule has 0 spiro atoms. The van der Waals surface area contributed by atoms with Gasteiger partial charge in [0.25, 0.3) is 0 Å². The summed E-state index contributed by atoms with van der Waals surface area (Å²) < 4.78 is 30.7. The van der Waals surface area contributed by atoms with Crippen LogP contribution in [0.5, 0.6) is 5.75 Å². The number of ketones is 1. The number of alkyl halides is 2. The van der Waals surface area contributed by atoms with E-state index in [1.165, 1.54) is 12.1 Å². The number of hydrogen-bond donors (Lipinski definition) is 0. The lowest BCUT2D eigenvalue weighted by molar-refractivity contribution is -0.116. The van der Waals surface area contributed by atoms with Crippen LogP contribution in [0.3, 0.4) is 0 Å². The molecule has 1 atom stereocenters. The Morgan fingerprint density at radius 2 is 1.93 bits per heavy atom. The summed E-state index contributed by atoms with van der Waals surface area (Å²) in [5.41, 5.74) is 5.34. The van der Waals surface area contributed by atoms with Gasteiger partial charge in [0.2, 0.25) is 0 Å². The van der Waals surface area contributed by atoms with Crippen LogP contribution in [0.4, 0.5) is 8.78 Å². The quantitative estimate of drug-likeness (QED) is 0.685. The van der Waals surface area contributed by atoms with E-state index in [0.717, 1.165) is 40.1 Å². The van der Waals surface area contributed by atoms with Gasteiger partial charge in [0.05, 0.1) is 11.9 Å². The van der Waals surface area contributed by atoms with Crippen LogP contribution in [-0.4, -0.2) is 22.2 Å². The Balaban J connectivity index is 1.94. The lowest BCUT2D eigenvalue weighted by Crippen LogP contribution is -2.18. The number of allylic oxidation sites excluding steroid dienone is 3. The summed E-state index contributed by atoms with van der Waals surface area (Å²) in [6.07, 6.45) is 3.02. The van der Waals surface area contributed by atoms with Crippen molar-refractivity contribution in [2.75, 3.05) is 0 Å². The van der Waals surface area contributed by atoms with Gasteiger partial charge in [0.1, 0.15) is 5.75 Å². The molecule has 0 fully saturated rings. The minimum atomic E-state index is -2.85. The molecule has 1 unspecified atom stereocenters. The van der Waals surface area contributed by atoms with Gasteiger partial charge in [-0.15, -0.1) is 0 Å². The van der Waals surface area contributed by atoms with Crippen molar-refractivity contribution in [3.63, 3.8) is 0 Å². The Morgan fingerprint density at radius 1 is 1.26 bits per heavy atom. The van der Waals surface area contributed by atoms with Crippen LogP contribution in [0.25, 0.3) is 11.3 Å². The van der Waals surface area contributed by atoms with Crippen LogP contribution in [0.15, 0.2) is 48.2 Å². The molecule has 1 aliphatic carbocycles. The Morgan fingerprint density at radius 3 is 2.52 bits per heavy atom. The zero-order chi connectivity index (χ0) is 19.7. The monoisotopic (exact) mass is 372 g/mol. The fourth-order valence-electron chi connectivity index (χ4n) is 3.41. The summed E-state index contributed by atoms with van der Waals surface area (Å²) in [5, 5.41) is 4.44. The molecular weight excluding hydrogens is 350 g/mol. The van der Waals surface area contributed by atoms with E-state index in [2.05, 4.69) is 16.4 Å². The average molecular weight is 372 g/mol. The van der Waals surface area contributed by atoms with Crippen molar-refractivity contribution in [1.82, 2.24) is 9.78 Å². The molecule has 27 heavy (non-hydrogen) atoms. The predicted octanol–water partition coefficient (Wildman–Crippen LogP) is 5.11. The second-order valence-corrected chi connectivity index (χ2v) is 6.91. The third-order valence-electron chi connectivity index (χ3n) is 5.09. The van der Waals surface area contributed by atoms with Gasteiger partial charge in [0.15, 0.2) is 5.78 Å². The normalized spacial score (nSPS) is 17.6. The van der Waals surface area contributed by atoms with E-state index < -0.39 is 6.61 Å². The Labute approximate surface area is 157 Å². The maximum atomic E-state index is 12.4. The highest BCUT2D eigenvalue weighted by molar-refractivity contribution is 6.04. The molecule has 0 amide bonds. The number of carbonyl (C=O) groups is 1. The van der Waals surface area contributed by atoms with E-state index in [-0.39, 0.29) is 17.5 Å². The second-order valence-electron chi connectivity index (χ2n) is 6.91. The first-order valence-electron chi connectivity index (χ1n) is 8.76. The minimum absolute atomic E-state index is 0.0968. The molecule has 1 aromatic carbocycles. The van der Waals surface area contributed by atoms with E-state index in [9.17, 15) is 13.6 Å². The summed E-state index contributed by atoms with van der Waals surface area (Å²) >= 11 is 0. The summed E-state index contributed by atoms with van der Waals surface area (Å²) in [4.78, 5) is 12.4. The van der Waals surface area contributed by atoms with Gasteiger partial charge < -0.3 is 4.74 Å². The topological polar surface area (TPSA) is 44.1 Å². The van der Waals surface area contributed by atoms with E-state index >= 15 is 0 Å². The Hall–Kier alpha value is -2.76. The van der Waals surface area contributed by atoms with Crippen LogP contribution in [0.1, 0.15) is 37.9 Å². The highest BCUT2D eigenvalue weighted by Crippen LogP contribution is 2.38. The van der Waals surface area contributed by atoms with E-state index in [0.29, 0.717) is 6.42 Å². The highest BCUT2D eigenvalue weighted by Gasteiger charge is 2.28. The fourth-order valence-corrected chi connectivity index (χ4v) is 3.41. The number of ether oxygens (including phenoxy) is 1. The summed E-state index contributed by atoms with van der Waals surface area (Å²) in [6.45, 7) is 6.90. The van der Waals surface area contributed by atoms with Crippen molar-refractivity contribution in [2.24, 2.45) is 5.92 Å². The van der Waals surface area contributed by atoms with Crippen LogP contribution in [0.2, 0.25) is 0 Å². The van der Waals surface area contributed by atoms with Crippen molar-refractivity contribution >= 4 is 11.4 Å². The van der Waals surface area contributed by atoms with Crippen LogP contribution >= 0.6 is 0 Å². The first kappa shape index (κ1) is 19.0. The largest absolute Gasteiger partial charge is 0.435 e. The number of halogens is 2. The molecule has 0 saturated carbocycles. The number of Topliss-reactive ketones (excluding diaryl/α,β-unsaturated/α-hetero) is 1. The lowest BCUT2D eigenvalue weighted by atomic mass is 9.78. The van der Waals surface area contributed by atoms with Gasteiger partial charge in [-0.05, 0) is 68.5 Å². The standard InChI is InChI=1S/C21H22F2N2O2/c1-12(2)15-9-18(13(3)20(26)10-15)19-11-24-25(14(19)4)16-5-7-17(8-6-16)27-21(22)23/h5-8,11,15,21H,1,9-10H2,2-4H3. The number of carbonyl (C=O) groups excluding carboxylic acids is 1. The predicted molar refractivity (Wildman–Crippen MR) is 100 cm³/mol. The van der Waals surface area contributed by atoms with Crippen molar-refractivity contribution < 1.29 is 18.3 Å². The maximum absolute atomic E-state index is 12.4. The van der Waals surface area contributed by atoms with Crippen molar-refractivity contribution in [3.05, 3.63) is 59.4 Å². The molecule has 0 aliphatic heterocycles. The van der Waals surface area contributed by atoms with Crippen molar-refractivity contribution in [3.8, 4) is 11.4 Å². The SMILES string of the molecule is C=C(C)C1CC(=O)C(C)=C(c2cnn(-c3ccc(OC(F)F)cc3)c2C)C1. The molecule has 1 heterocycles. The molecule has 3 rings (SSSR count). The molecule has 4 nitrogen and oxygen atoms in total. The van der Waals surface area contributed by atoms with Gasteiger partial charge in [-0.1, -0.05) is 12.2 Å². The smallest absolute Gasteiger partial charge is 0.387 e. The second kappa shape index (κ2) is 7.47. The third kappa shape index (κ3) is 3.84. The van der Waals surface area contributed by atoms with Crippen LogP contribution < -0.4 is 4.74 Å². The Kier molecular flexibility index (Phi) is 5.26. The summed E-state index contributed by atoms with van der Waals surface area (Å²) in [6, 6.07) is 6.30. The van der Waals surface area contributed by atoms with Gasteiger partial charge in [-0.2, -0.15) is 13.9 Å². The lowest BCUT2D eigenvalue weighted by Gasteiger charge is -2.25. The zero-order valence-corrected chi connectivity index (χ0v) is 15.6. The number of benzene rings is 1. The minimum Gasteiger partial charge on any atom is -0.435 e. The molecule has 2 aromatic rings. The van der Waals surface area contributed by atoms with Gasteiger partial charge in [-0.3, -0.25) is 4.79 Å². The molecule has 0 radical (unpaired) electrons.